The van der Waals surface area contributed by atoms with Crippen LogP contribution in [-0.4, -0.2) is 47.8 Å². The molecule has 0 radical (unpaired) electrons. The van der Waals surface area contributed by atoms with Crippen molar-refractivity contribution in [1.29, 1.82) is 0 Å². The normalized spacial score (nSPS) is 20.8. The number of rotatable bonds is 4. The molecular weight excluding hydrogens is 390 g/mol. The molecular formula is C21H21N3O4S. The lowest BCUT2D eigenvalue weighted by Gasteiger charge is -2.11. The zero-order valence-electron chi connectivity index (χ0n) is 16.0. The molecule has 2 aliphatic rings. The predicted octanol–water partition coefficient (Wildman–Crippen LogP) is 3.12. The van der Waals surface area contributed by atoms with Gasteiger partial charge in [0.25, 0.3) is 0 Å². The Bertz CT molecular complexity index is 1210. The van der Waals surface area contributed by atoms with E-state index in [0.29, 0.717) is 34.6 Å². The number of esters is 1. The van der Waals surface area contributed by atoms with Crippen LogP contribution in [-0.2, 0) is 14.6 Å². The maximum absolute atomic E-state index is 12.7. The molecule has 150 valence electrons. The SMILES string of the molecule is COC(=O)c1cc(C2CC2)nc2c1c(-c1ccccc1)nn2C1CCS(=O)(=O)C1. The molecule has 1 atom stereocenters. The monoisotopic (exact) mass is 411 g/mol. The molecule has 3 aromatic rings. The van der Waals surface area contributed by atoms with Crippen LogP contribution in [0.4, 0.5) is 0 Å². The summed E-state index contributed by atoms with van der Waals surface area (Å²) in [6.07, 6.45) is 2.57. The van der Waals surface area contributed by atoms with E-state index >= 15 is 0 Å². The zero-order chi connectivity index (χ0) is 20.2. The highest BCUT2D eigenvalue weighted by atomic mass is 32.2. The van der Waals surface area contributed by atoms with E-state index in [2.05, 4.69) is 0 Å². The second kappa shape index (κ2) is 6.66. The van der Waals surface area contributed by atoms with Gasteiger partial charge in [-0.25, -0.2) is 22.9 Å². The second-order valence-corrected chi connectivity index (χ2v) is 10.0. The van der Waals surface area contributed by atoms with Crippen LogP contribution in [0.5, 0.6) is 0 Å². The van der Waals surface area contributed by atoms with Gasteiger partial charge in [0.15, 0.2) is 15.5 Å². The van der Waals surface area contributed by atoms with Crippen molar-refractivity contribution < 1.29 is 17.9 Å². The Labute approximate surface area is 168 Å². The average Bonchev–Trinajstić information content (AvgIpc) is 3.42. The smallest absolute Gasteiger partial charge is 0.338 e. The summed E-state index contributed by atoms with van der Waals surface area (Å²) in [5, 5.41) is 5.41. The van der Waals surface area contributed by atoms with Gasteiger partial charge < -0.3 is 4.74 Å². The van der Waals surface area contributed by atoms with Crippen LogP contribution in [0.15, 0.2) is 36.4 Å². The van der Waals surface area contributed by atoms with Crippen LogP contribution >= 0.6 is 0 Å². The first kappa shape index (κ1) is 18.3. The molecule has 7 nitrogen and oxygen atoms in total. The molecule has 0 N–H and O–H groups in total. The largest absolute Gasteiger partial charge is 0.465 e. The van der Waals surface area contributed by atoms with E-state index in [1.165, 1.54) is 7.11 Å². The van der Waals surface area contributed by atoms with E-state index in [1.807, 2.05) is 36.4 Å². The van der Waals surface area contributed by atoms with Gasteiger partial charge in [0.2, 0.25) is 0 Å². The summed E-state index contributed by atoms with van der Waals surface area (Å²) < 4.78 is 31.0. The van der Waals surface area contributed by atoms with Gasteiger partial charge >= 0.3 is 5.97 Å². The molecule has 8 heteroatoms. The van der Waals surface area contributed by atoms with Gasteiger partial charge in [0.05, 0.1) is 35.6 Å². The first-order valence-electron chi connectivity index (χ1n) is 9.74. The minimum atomic E-state index is -3.09. The van der Waals surface area contributed by atoms with Gasteiger partial charge in [-0.2, -0.15) is 5.10 Å². The third-order valence-corrected chi connectivity index (χ3v) is 7.43. The van der Waals surface area contributed by atoms with Gasteiger partial charge in [0, 0.05) is 17.2 Å². The van der Waals surface area contributed by atoms with Crippen LogP contribution in [0.25, 0.3) is 22.3 Å². The van der Waals surface area contributed by atoms with Gasteiger partial charge in [-0.05, 0) is 25.3 Å². The molecule has 0 spiro atoms. The number of carbonyl (C=O) groups is 1. The molecule has 2 aromatic heterocycles. The van der Waals surface area contributed by atoms with Crippen molar-refractivity contribution in [3.8, 4) is 11.3 Å². The van der Waals surface area contributed by atoms with E-state index in [9.17, 15) is 13.2 Å². The lowest BCUT2D eigenvalue weighted by Crippen LogP contribution is -2.13. The summed E-state index contributed by atoms with van der Waals surface area (Å²) in [4.78, 5) is 17.5. The molecule has 1 aromatic carbocycles. The number of methoxy groups -OCH3 is 1. The Kier molecular flexibility index (Phi) is 4.20. The number of ether oxygens (including phenoxy) is 1. The molecule has 2 fully saturated rings. The maximum Gasteiger partial charge on any atom is 0.338 e. The quantitative estimate of drug-likeness (QED) is 0.613. The third kappa shape index (κ3) is 3.21. The van der Waals surface area contributed by atoms with Crippen molar-refractivity contribution in [2.24, 2.45) is 0 Å². The number of hydrogen-bond donors (Lipinski definition) is 0. The predicted molar refractivity (Wildman–Crippen MR) is 109 cm³/mol. The zero-order valence-corrected chi connectivity index (χ0v) is 16.9. The number of benzene rings is 1. The minimum absolute atomic E-state index is 0.0426. The van der Waals surface area contributed by atoms with Crippen molar-refractivity contribution in [3.05, 3.63) is 47.7 Å². The summed E-state index contributed by atoms with van der Waals surface area (Å²) >= 11 is 0. The number of fused-ring (bicyclic) bond motifs is 1. The van der Waals surface area contributed by atoms with Crippen molar-refractivity contribution in [3.63, 3.8) is 0 Å². The van der Waals surface area contributed by atoms with E-state index in [0.717, 1.165) is 24.1 Å². The summed E-state index contributed by atoms with van der Waals surface area (Å²) in [7, 11) is -1.73. The molecule has 1 aliphatic heterocycles. The number of hydrogen-bond acceptors (Lipinski definition) is 6. The molecule has 0 bridgehead atoms. The van der Waals surface area contributed by atoms with E-state index in [-0.39, 0.29) is 17.5 Å². The number of aromatic nitrogens is 3. The summed E-state index contributed by atoms with van der Waals surface area (Å²) in [5.74, 6) is 0.0842. The van der Waals surface area contributed by atoms with Crippen LogP contribution < -0.4 is 0 Å². The van der Waals surface area contributed by atoms with Crippen molar-refractivity contribution in [2.75, 3.05) is 18.6 Å². The van der Waals surface area contributed by atoms with Gasteiger partial charge in [-0.1, -0.05) is 30.3 Å². The van der Waals surface area contributed by atoms with Gasteiger partial charge in [0.1, 0.15) is 5.69 Å². The lowest BCUT2D eigenvalue weighted by molar-refractivity contribution is 0.0602. The molecule has 1 saturated heterocycles. The standard InChI is InChI=1S/C21H21N3O4S/c1-28-21(25)16-11-17(13-7-8-13)22-20-18(16)19(14-5-3-2-4-6-14)23-24(20)15-9-10-29(26,27)12-15/h2-6,11,13,15H,7-10,12H2,1H3. The third-order valence-electron chi connectivity index (χ3n) is 5.68. The molecule has 1 aliphatic carbocycles. The fourth-order valence-corrected chi connectivity index (χ4v) is 5.73. The highest BCUT2D eigenvalue weighted by Crippen LogP contribution is 2.42. The van der Waals surface area contributed by atoms with E-state index < -0.39 is 15.8 Å². The Morgan fingerprint density at radius 1 is 1.17 bits per heavy atom. The van der Waals surface area contributed by atoms with Crippen molar-refractivity contribution in [1.82, 2.24) is 14.8 Å². The highest BCUT2D eigenvalue weighted by Gasteiger charge is 2.34. The number of sulfone groups is 1. The molecule has 5 rings (SSSR count). The summed E-state index contributed by atoms with van der Waals surface area (Å²) in [6, 6.07) is 11.1. The fraction of sp³-hybridized carbons (Fsp3) is 0.381. The van der Waals surface area contributed by atoms with E-state index in [1.54, 1.807) is 4.68 Å². The Hall–Kier alpha value is -2.74. The van der Waals surface area contributed by atoms with Crippen LogP contribution in [0.2, 0.25) is 0 Å². The number of carbonyl (C=O) groups excluding carboxylic acids is 1. The van der Waals surface area contributed by atoms with Crippen LogP contribution in [0, 0.1) is 0 Å². The first-order chi connectivity index (χ1) is 14.0. The number of nitrogens with zero attached hydrogens (tertiary/aromatic N) is 3. The molecule has 0 amide bonds. The van der Waals surface area contributed by atoms with Crippen molar-refractivity contribution >= 4 is 26.8 Å². The highest BCUT2D eigenvalue weighted by molar-refractivity contribution is 7.91. The lowest BCUT2D eigenvalue weighted by atomic mass is 10.0. The van der Waals surface area contributed by atoms with Gasteiger partial charge in [-0.15, -0.1) is 0 Å². The molecule has 29 heavy (non-hydrogen) atoms. The Balaban J connectivity index is 1.81. The van der Waals surface area contributed by atoms with Crippen molar-refractivity contribution in [2.45, 2.75) is 31.2 Å². The number of pyridine rings is 1. The Morgan fingerprint density at radius 2 is 1.93 bits per heavy atom. The Morgan fingerprint density at radius 3 is 2.55 bits per heavy atom. The minimum Gasteiger partial charge on any atom is -0.465 e. The average molecular weight is 411 g/mol. The van der Waals surface area contributed by atoms with Gasteiger partial charge in [-0.3, -0.25) is 0 Å². The topological polar surface area (TPSA) is 91.2 Å². The summed E-state index contributed by atoms with van der Waals surface area (Å²) in [5.41, 5.74) is 3.32. The molecule has 1 saturated carbocycles. The van der Waals surface area contributed by atoms with Crippen LogP contribution in [0.1, 0.15) is 47.3 Å². The first-order valence-corrected chi connectivity index (χ1v) is 11.6. The summed E-state index contributed by atoms with van der Waals surface area (Å²) in [6.45, 7) is 0. The maximum atomic E-state index is 12.7. The molecule has 1 unspecified atom stereocenters. The second-order valence-electron chi connectivity index (χ2n) is 7.78. The van der Waals surface area contributed by atoms with Crippen LogP contribution in [0.3, 0.4) is 0 Å². The fourth-order valence-electron chi connectivity index (χ4n) is 4.04. The van der Waals surface area contributed by atoms with E-state index in [4.69, 9.17) is 14.8 Å². The molecule has 3 heterocycles.